The summed E-state index contributed by atoms with van der Waals surface area (Å²) in [6, 6.07) is 7.09. The highest BCUT2D eigenvalue weighted by Crippen LogP contribution is 2.16. The summed E-state index contributed by atoms with van der Waals surface area (Å²) in [5, 5.41) is 10.1. The molecule has 164 valence electrons. The lowest BCUT2D eigenvalue weighted by molar-refractivity contribution is -0.117. The molecule has 5 N–H and O–H groups in total. The Morgan fingerprint density at radius 3 is 2.40 bits per heavy atom. The molecule has 0 saturated carbocycles. The number of amides is 2. The maximum absolute atomic E-state index is 11.9. The average molecular weight is 544 g/mol. The van der Waals surface area contributed by atoms with Gasteiger partial charge in [-0.15, -0.1) is 35.3 Å². The van der Waals surface area contributed by atoms with Crippen molar-refractivity contribution in [3.63, 3.8) is 0 Å². The van der Waals surface area contributed by atoms with Gasteiger partial charge in [0.1, 0.15) is 0 Å². The zero-order chi connectivity index (χ0) is 21.2. The number of guanidine groups is 1. The second kappa shape index (κ2) is 13.2. The van der Waals surface area contributed by atoms with Gasteiger partial charge in [-0.25, -0.2) is 9.98 Å². The Morgan fingerprint density at radius 2 is 1.83 bits per heavy atom. The van der Waals surface area contributed by atoms with Crippen LogP contribution in [0, 0.1) is 13.8 Å². The molecule has 0 aliphatic carbocycles. The molecular weight excluding hydrogens is 515 g/mol. The number of rotatable bonds is 9. The van der Waals surface area contributed by atoms with Gasteiger partial charge in [-0.2, -0.15) is 0 Å². The fourth-order valence-corrected chi connectivity index (χ4v) is 3.41. The van der Waals surface area contributed by atoms with E-state index in [0.29, 0.717) is 12.1 Å². The number of hydrogen-bond acceptors (Lipinski definition) is 5. The van der Waals surface area contributed by atoms with E-state index in [9.17, 15) is 9.59 Å². The smallest absolute Gasteiger partial charge is 0.251 e. The summed E-state index contributed by atoms with van der Waals surface area (Å²) in [5.41, 5.74) is 7.56. The summed E-state index contributed by atoms with van der Waals surface area (Å²) in [6.07, 6.45) is 0.846. The SMILES string of the molecule is CCNC(=NCc1ccc(C(=O)NCC(N)=O)cc1)NCCc1nc(C)c(C)s1.I. The molecule has 0 unspecified atom stereocenters. The Kier molecular flexibility index (Phi) is 11.3. The molecule has 0 spiro atoms. The third kappa shape index (κ3) is 8.66. The Balaban J connectivity index is 0.00000450. The van der Waals surface area contributed by atoms with E-state index >= 15 is 0 Å². The number of thiazole rings is 1. The predicted octanol–water partition coefficient (Wildman–Crippen LogP) is 1.89. The van der Waals surface area contributed by atoms with Gasteiger partial charge in [-0.1, -0.05) is 12.1 Å². The van der Waals surface area contributed by atoms with Crippen LogP contribution in [0.15, 0.2) is 29.3 Å². The molecule has 0 aliphatic heterocycles. The van der Waals surface area contributed by atoms with Crippen molar-refractivity contribution in [2.75, 3.05) is 19.6 Å². The summed E-state index contributed by atoms with van der Waals surface area (Å²) in [5.74, 6) is -0.171. The third-order valence-corrected chi connectivity index (χ3v) is 5.24. The molecule has 30 heavy (non-hydrogen) atoms. The molecule has 0 atom stereocenters. The third-order valence-electron chi connectivity index (χ3n) is 4.11. The number of nitrogens with zero attached hydrogens (tertiary/aromatic N) is 2. The van der Waals surface area contributed by atoms with E-state index in [-0.39, 0.29) is 36.4 Å². The Labute approximate surface area is 198 Å². The lowest BCUT2D eigenvalue weighted by Gasteiger charge is -2.11. The Bertz CT molecular complexity index is 847. The molecule has 0 radical (unpaired) electrons. The first-order valence-electron chi connectivity index (χ1n) is 9.49. The minimum atomic E-state index is -0.576. The largest absolute Gasteiger partial charge is 0.368 e. The van der Waals surface area contributed by atoms with Gasteiger partial charge in [-0.05, 0) is 38.5 Å². The first-order chi connectivity index (χ1) is 13.9. The molecule has 2 aromatic rings. The molecule has 1 aromatic heterocycles. The second-order valence-electron chi connectivity index (χ2n) is 6.47. The fourth-order valence-electron chi connectivity index (χ4n) is 2.48. The van der Waals surface area contributed by atoms with Gasteiger partial charge in [0.05, 0.1) is 23.8 Å². The molecule has 8 nitrogen and oxygen atoms in total. The van der Waals surface area contributed by atoms with Gasteiger partial charge < -0.3 is 21.7 Å². The quantitative estimate of drug-likeness (QED) is 0.218. The lowest BCUT2D eigenvalue weighted by atomic mass is 10.1. The standard InChI is InChI=1S/C20H28N6O2S.HI/c1-4-22-20(23-10-9-18-26-13(2)14(3)29-18)25-11-15-5-7-16(8-6-15)19(28)24-12-17(21)27;/h5-8H,4,9-12H2,1-3H3,(H2,21,27)(H,24,28)(H2,22,23,25);1H. The van der Waals surface area contributed by atoms with E-state index in [1.807, 2.05) is 26.0 Å². The van der Waals surface area contributed by atoms with E-state index < -0.39 is 5.91 Å². The minimum Gasteiger partial charge on any atom is -0.368 e. The normalized spacial score (nSPS) is 10.8. The summed E-state index contributed by atoms with van der Waals surface area (Å²) in [4.78, 5) is 33.0. The lowest BCUT2D eigenvalue weighted by Crippen LogP contribution is -2.38. The number of primary amides is 1. The van der Waals surface area contributed by atoms with Crippen molar-refractivity contribution in [3.8, 4) is 0 Å². The first kappa shape index (κ1) is 25.8. The van der Waals surface area contributed by atoms with Crippen molar-refractivity contribution < 1.29 is 9.59 Å². The summed E-state index contributed by atoms with van der Waals surface area (Å²) >= 11 is 1.73. The van der Waals surface area contributed by atoms with Crippen LogP contribution in [0.4, 0.5) is 0 Å². The van der Waals surface area contributed by atoms with Crippen LogP contribution in [0.5, 0.6) is 0 Å². The summed E-state index contributed by atoms with van der Waals surface area (Å²) < 4.78 is 0. The topological polar surface area (TPSA) is 122 Å². The van der Waals surface area contributed by atoms with Crippen LogP contribution >= 0.6 is 35.3 Å². The number of carbonyl (C=O) groups is 2. The zero-order valence-electron chi connectivity index (χ0n) is 17.4. The van der Waals surface area contributed by atoms with Crippen molar-refractivity contribution in [2.45, 2.75) is 33.7 Å². The zero-order valence-corrected chi connectivity index (χ0v) is 20.6. The van der Waals surface area contributed by atoms with Gasteiger partial charge in [0, 0.05) is 30.0 Å². The molecule has 2 amide bonds. The number of aliphatic imine (C=N–C) groups is 1. The molecule has 0 saturated heterocycles. The predicted molar refractivity (Wildman–Crippen MR) is 131 cm³/mol. The van der Waals surface area contributed by atoms with Crippen molar-refractivity contribution in [1.82, 2.24) is 20.9 Å². The summed E-state index contributed by atoms with van der Waals surface area (Å²) in [6.45, 7) is 7.95. The molecule has 10 heteroatoms. The summed E-state index contributed by atoms with van der Waals surface area (Å²) in [7, 11) is 0. The van der Waals surface area contributed by atoms with Crippen LogP contribution in [0.2, 0.25) is 0 Å². The van der Waals surface area contributed by atoms with E-state index in [2.05, 4.69) is 32.9 Å². The Hall–Kier alpha value is -2.21. The van der Waals surface area contributed by atoms with E-state index in [0.717, 1.165) is 41.7 Å². The molecule has 0 aliphatic rings. The number of carbonyl (C=O) groups excluding carboxylic acids is 2. The number of aryl methyl sites for hydroxylation is 2. The number of nitrogens with one attached hydrogen (secondary N) is 3. The monoisotopic (exact) mass is 544 g/mol. The fraction of sp³-hybridized carbons (Fsp3) is 0.400. The average Bonchev–Trinajstić information content (AvgIpc) is 3.02. The van der Waals surface area contributed by atoms with Crippen molar-refractivity contribution in [1.29, 1.82) is 0 Å². The molecule has 0 fully saturated rings. The minimum absolute atomic E-state index is 0. The van der Waals surface area contributed by atoms with Gasteiger partial charge in [0.15, 0.2) is 5.96 Å². The molecule has 1 heterocycles. The van der Waals surface area contributed by atoms with Crippen LogP contribution in [0.3, 0.4) is 0 Å². The van der Waals surface area contributed by atoms with Crippen LogP contribution in [-0.2, 0) is 17.8 Å². The number of benzene rings is 1. The maximum Gasteiger partial charge on any atom is 0.251 e. The molecular formula is C20H29IN6O2S. The van der Waals surface area contributed by atoms with Crippen molar-refractivity contribution in [3.05, 3.63) is 51.0 Å². The molecule has 1 aromatic carbocycles. The van der Waals surface area contributed by atoms with Gasteiger partial charge >= 0.3 is 0 Å². The number of hydrogen-bond donors (Lipinski definition) is 4. The van der Waals surface area contributed by atoms with Gasteiger partial charge in [0.2, 0.25) is 5.91 Å². The molecule has 0 bridgehead atoms. The number of aromatic nitrogens is 1. The van der Waals surface area contributed by atoms with Crippen LogP contribution in [0.1, 0.15) is 38.4 Å². The van der Waals surface area contributed by atoms with E-state index in [1.54, 1.807) is 23.5 Å². The second-order valence-corrected chi connectivity index (χ2v) is 7.75. The highest BCUT2D eigenvalue weighted by Gasteiger charge is 2.07. The van der Waals surface area contributed by atoms with Gasteiger partial charge in [0.25, 0.3) is 5.91 Å². The number of halogens is 1. The van der Waals surface area contributed by atoms with E-state index in [4.69, 9.17) is 5.73 Å². The highest BCUT2D eigenvalue weighted by molar-refractivity contribution is 14.0. The number of nitrogens with two attached hydrogens (primary N) is 1. The van der Waals surface area contributed by atoms with Crippen LogP contribution < -0.4 is 21.7 Å². The highest BCUT2D eigenvalue weighted by atomic mass is 127. The maximum atomic E-state index is 11.9. The van der Waals surface area contributed by atoms with Crippen LogP contribution in [0.25, 0.3) is 0 Å². The van der Waals surface area contributed by atoms with Crippen LogP contribution in [-0.4, -0.2) is 42.4 Å². The Morgan fingerprint density at radius 1 is 1.13 bits per heavy atom. The van der Waals surface area contributed by atoms with Crippen molar-refractivity contribution in [2.24, 2.45) is 10.7 Å². The van der Waals surface area contributed by atoms with Crippen molar-refractivity contribution >= 4 is 53.1 Å². The van der Waals surface area contributed by atoms with Gasteiger partial charge in [-0.3, -0.25) is 9.59 Å². The van der Waals surface area contributed by atoms with E-state index in [1.165, 1.54) is 4.88 Å². The first-order valence-corrected chi connectivity index (χ1v) is 10.3. The molecule has 2 rings (SSSR count).